The largest absolute Gasteiger partial charge is 0.373 e. The molecular weight excluding hydrogens is 290 g/mol. The molecule has 0 aromatic heterocycles. The molecule has 1 heterocycles. The maximum absolute atomic E-state index is 12.2. The molecular formula is C16H20ClNO3. The van der Waals surface area contributed by atoms with Gasteiger partial charge in [0.2, 0.25) is 5.91 Å². The summed E-state index contributed by atoms with van der Waals surface area (Å²) in [4.78, 5) is 12.2. The predicted octanol–water partition coefficient (Wildman–Crippen LogP) is 2.34. The highest BCUT2D eigenvalue weighted by atomic mass is 35.5. The van der Waals surface area contributed by atoms with E-state index in [0.29, 0.717) is 24.7 Å². The number of benzene rings is 1. The van der Waals surface area contributed by atoms with Gasteiger partial charge < -0.3 is 14.8 Å². The third kappa shape index (κ3) is 3.76. The van der Waals surface area contributed by atoms with Crippen LogP contribution in [0.4, 0.5) is 0 Å². The number of nitrogens with one attached hydrogen (secondary N) is 1. The third-order valence-electron chi connectivity index (χ3n) is 4.15. The molecule has 0 bridgehead atoms. The first-order valence-electron chi connectivity index (χ1n) is 7.48. The van der Waals surface area contributed by atoms with Crippen molar-refractivity contribution in [2.24, 2.45) is 0 Å². The lowest BCUT2D eigenvalue weighted by atomic mass is 9.89. The van der Waals surface area contributed by atoms with Crippen LogP contribution < -0.4 is 5.32 Å². The molecule has 0 spiro atoms. The molecule has 3 atom stereocenters. The number of amides is 1. The van der Waals surface area contributed by atoms with Crippen LogP contribution in [0.5, 0.6) is 0 Å². The molecule has 1 aliphatic carbocycles. The van der Waals surface area contributed by atoms with Gasteiger partial charge in [-0.3, -0.25) is 4.79 Å². The predicted molar refractivity (Wildman–Crippen MR) is 80.4 cm³/mol. The van der Waals surface area contributed by atoms with Crippen LogP contribution >= 0.6 is 11.6 Å². The van der Waals surface area contributed by atoms with E-state index < -0.39 is 0 Å². The van der Waals surface area contributed by atoms with Crippen molar-refractivity contribution < 1.29 is 14.3 Å². The Balaban J connectivity index is 1.52. The highest BCUT2D eigenvalue weighted by Gasteiger charge is 2.34. The topological polar surface area (TPSA) is 47.6 Å². The van der Waals surface area contributed by atoms with Gasteiger partial charge in [0.05, 0.1) is 31.8 Å². The molecule has 1 N–H and O–H groups in total. The zero-order valence-corrected chi connectivity index (χ0v) is 12.6. The van der Waals surface area contributed by atoms with Gasteiger partial charge in [-0.25, -0.2) is 0 Å². The summed E-state index contributed by atoms with van der Waals surface area (Å²) >= 11 is 6.09. The van der Waals surface area contributed by atoms with Crippen molar-refractivity contribution in [1.29, 1.82) is 0 Å². The highest BCUT2D eigenvalue weighted by Crippen LogP contribution is 2.27. The summed E-state index contributed by atoms with van der Waals surface area (Å²) in [5, 5.41) is 3.73. The summed E-state index contributed by atoms with van der Waals surface area (Å²) in [6.45, 7) is 1.34. The second-order valence-electron chi connectivity index (χ2n) is 5.66. The van der Waals surface area contributed by atoms with Crippen LogP contribution in [0.2, 0.25) is 5.02 Å². The van der Waals surface area contributed by atoms with E-state index >= 15 is 0 Å². The molecule has 5 heteroatoms. The molecule has 114 valence electrons. The zero-order chi connectivity index (χ0) is 14.7. The van der Waals surface area contributed by atoms with Crippen molar-refractivity contribution in [2.45, 2.75) is 43.9 Å². The number of hydrogen-bond donors (Lipinski definition) is 1. The Morgan fingerprint density at radius 1 is 1.19 bits per heavy atom. The average molecular weight is 310 g/mol. The first-order valence-corrected chi connectivity index (χ1v) is 7.86. The lowest BCUT2D eigenvalue weighted by Gasteiger charge is -2.39. The summed E-state index contributed by atoms with van der Waals surface area (Å²) < 4.78 is 11.4. The number of carbonyl (C=O) groups is 1. The van der Waals surface area contributed by atoms with Crippen molar-refractivity contribution >= 4 is 17.5 Å². The van der Waals surface area contributed by atoms with E-state index in [1.165, 1.54) is 0 Å². The average Bonchev–Trinajstić information content (AvgIpc) is 2.49. The fraction of sp³-hybridized carbons (Fsp3) is 0.562. The quantitative estimate of drug-likeness (QED) is 0.932. The van der Waals surface area contributed by atoms with Crippen LogP contribution in [-0.4, -0.2) is 37.4 Å². The van der Waals surface area contributed by atoms with Crippen molar-refractivity contribution in [2.75, 3.05) is 13.2 Å². The molecule has 0 radical (unpaired) electrons. The van der Waals surface area contributed by atoms with Crippen molar-refractivity contribution in [3.63, 3.8) is 0 Å². The van der Waals surface area contributed by atoms with Crippen LogP contribution in [0, 0.1) is 0 Å². The minimum Gasteiger partial charge on any atom is -0.373 e. The van der Waals surface area contributed by atoms with Crippen LogP contribution in [0.15, 0.2) is 24.3 Å². The fourth-order valence-electron chi connectivity index (χ4n) is 3.09. The fourth-order valence-corrected chi connectivity index (χ4v) is 3.29. The van der Waals surface area contributed by atoms with E-state index in [1.807, 2.05) is 24.3 Å². The molecule has 21 heavy (non-hydrogen) atoms. The van der Waals surface area contributed by atoms with Crippen LogP contribution in [-0.2, 0) is 20.7 Å². The smallest absolute Gasteiger partial charge is 0.224 e. The number of hydrogen-bond acceptors (Lipinski definition) is 3. The van der Waals surface area contributed by atoms with E-state index in [9.17, 15) is 4.79 Å². The van der Waals surface area contributed by atoms with Crippen molar-refractivity contribution in [1.82, 2.24) is 5.32 Å². The Morgan fingerprint density at radius 3 is 2.76 bits per heavy atom. The molecule has 4 nitrogen and oxygen atoms in total. The Hall–Kier alpha value is -1.10. The van der Waals surface area contributed by atoms with E-state index in [1.54, 1.807) is 0 Å². The van der Waals surface area contributed by atoms with Gasteiger partial charge in [-0.15, -0.1) is 0 Å². The lowest BCUT2D eigenvalue weighted by molar-refractivity contribution is -0.158. The Morgan fingerprint density at radius 2 is 1.95 bits per heavy atom. The molecule has 1 aromatic rings. The summed E-state index contributed by atoms with van der Waals surface area (Å²) in [6.07, 6.45) is 3.37. The van der Waals surface area contributed by atoms with E-state index in [0.717, 1.165) is 24.8 Å². The Labute approximate surface area is 129 Å². The van der Waals surface area contributed by atoms with Gasteiger partial charge in [0, 0.05) is 11.1 Å². The zero-order valence-electron chi connectivity index (χ0n) is 11.9. The van der Waals surface area contributed by atoms with Gasteiger partial charge in [-0.05, 0) is 30.9 Å². The third-order valence-corrected chi connectivity index (χ3v) is 4.52. The first-order chi connectivity index (χ1) is 10.2. The van der Waals surface area contributed by atoms with E-state index in [4.69, 9.17) is 21.1 Å². The normalized spacial score (nSPS) is 28.7. The highest BCUT2D eigenvalue weighted by molar-refractivity contribution is 6.31. The summed E-state index contributed by atoms with van der Waals surface area (Å²) in [5.74, 6) is 0.0169. The number of carbonyl (C=O) groups excluding carboxylic acids is 1. The van der Waals surface area contributed by atoms with Crippen molar-refractivity contribution in [3.8, 4) is 0 Å². The number of ether oxygens (including phenoxy) is 2. The number of fused-ring (bicyclic) bond motifs is 1. The summed E-state index contributed by atoms with van der Waals surface area (Å²) in [7, 11) is 0. The molecule has 3 rings (SSSR count). The molecule has 0 unspecified atom stereocenters. The van der Waals surface area contributed by atoms with Gasteiger partial charge in [0.15, 0.2) is 0 Å². The van der Waals surface area contributed by atoms with Gasteiger partial charge in [0.25, 0.3) is 0 Å². The van der Waals surface area contributed by atoms with Crippen LogP contribution in [0.1, 0.15) is 24.8 Å². The molecule has 1 saturated carbocycles. The molecule has 1 saturated heterocycles. The minimum absolute atomic E-state index is 0.0169. The second kappa shape index (κ2) is 6.77. The standard InChI is InChI=1S/C16H20ClNO3/c17-13-4-2-1-3-11(13)9-16(19)18-12-5-6-14-15(10-12)21-8-7-20-14/h1-4,12,14-15H,5-10H2,(H,18,19)/t12-,14-,15+/m1/s1. The SMILES string of the molecule is O=C(Cc1ccccc1Cl)N[C@@H]1CC[C@H]2OCCO[C@H]2C1. The van der Waals surface area contributed by atoms with Gasteiger partial charge in [-0.1, -0.05) is 29.8 Å². The maximum Gasteiger partial charge on any atom is 0.224 e. The summed E-state index contributed by atoms with van der Waals surface area (Å²) in [6, 6.07) is 7.63. The maximum atomic E-state index is 12.2. The van der Waals surface area contributed by atoms with Gasteiger partial charge in [0.1, 0.15) is 0 Å². The van der Waals surface area contributed by atoms with Gasteiger partial charge >= 0.3 is 0 Å². The van der Waals surface area contributed by atoms with E-state index in [2.05, 4.69) is 5.32 Å². The minimum atomic E-state index is 0.0169. The molecule has 1 amide bonds. The van der Waals surface area contributed by atoms with E-state index in [-0.39, 0.29) is 24.2 Å². The van der Waals surface area contributed by atoms with Crippen LogP contribution in [0.25, 0.3) is 0 Å². The lowest BCUT2D eigenvalue weighted by Crippen LogP contribution is -2.49. The van der Waals surface area contributed by atoms with Crippen molar-refractivity contribution in [3.05, 3.63) is 34.9 Å². The monoisotopic (exact) mass is 309 g/mol. The van der Waals surface area contributed by atoms with Crippen LogP contribution in [0.3, 0.4) is 0 Å². The Kier molecular flexibility index (Phi) is 4.78. The number of halogens is 1. The first kappa shape index (κ1) is 14.8. The molecule has 1 aromatic carbocycles. The summed E-state index contributed by atoms with van der Waals surface area (Å²) in [5.41, 5.74) is 0.864. The van der Waals surface area contributed by atoms with Gasteiger partial charge in [-0.2, -0.15) is 0 Å². The molecule has 1 aliphatic heterocycles. The Bertz CT molecular complexity index is 508. The second-order valence-corrected chi connectivity index (χ2v) is 6.07. The molecule has 2 fully saturated rings. The number of rotatable bonds is 3. The molecule has 2 aliphatic rings.